The summed E-state index contributed by atoms with van der Waals surface area (Å²) in [5, 5.41) is 5.12. The molecule has 2 amide bonds. The smallest absolute Gasteiger partial charge is 0.258 e. The number of halogens is 1. The molecule has 108 valence electrons. The molecule has 2 N–H and O–H groups in total. The first-order valence-electron chi connectivity index (χ1n) is 6.27. The first kappa shape index (κ1) is 14.6. The van der Waals surface area contributed by atoms with Gasteiger partial charge in [0.25, 0.3) is 11.8 Å². The highest BCUT2D eigenvalue weighted by Gasteiger charge is 2.15. The van der Waals surface area contributed by atoms with Crippen LogP contribution in [0.5, 0.6) is 0 Å². The van der Waals surface area contributed by atoms with E-state index in [1.807, 2.05) is 0 Å². The summed E-state index contributed by atoms with van der Waals surface area (Å²) in [4.78, 5) is 27.4. The number of hydrogen-bond donors (Lipinski definition) is 2. The second kappa shape index (κ2) is 6.13. The minimum absolute atomic E-state index is 0.102. The number of carbonyl (C=O) groups is 2. The molecule has 0 fully saturated rings. The molecular formula is C15H14FN3O2. The lowest BCUT2D eigenvalue weighted by Gasteiger charge is -2.12. The molecule has 0 saturated heterocycles. The van der Waals surface area contributed by atoms with Gasteiger partial charge in [0.15, 0.2) is 5.82 Å². The fourth-order valence-electron chi connectivity index (χ4n) is 1.90. The van der Waals surface area contributed by atoms with Gasteiger partial charge in [-0.2, -0.15) is 0 Å². The van der Waals surface area contributed by atoms with Crippen LogP contribution >= 0.6 is 0 Å². The molecule has 5 nitrogen and oxygen atoms in total. The zero-order valence-corrected chi connectivity index (χ0v) is 11.6. The summed E-state index contributed by atoms with van der Waals surface area (Å²) >= 11 is 0. The van der Waals surface area contributed by atoms with E-state index in [1.54, 1.807) is 25.1 Å². The molecule has 0 atom stereocenters. The Labute approximate surface area is 121 Å². The standard InChI is InChI=1S/C15H14FN3O2/c1-9-10(14(20)17-2)4-3-5-13(9)19-15(21)11-6-7-18-8-12(11)16/h3-8H,1-2H3,(H,17,20)(H,19,21). The van der Waals surface area contributed by atoms with Gasteiger partial charge in [-0.05, 0) is 30.7 Å². The second-order valence-corrected chi connectivity index (χ2v) is 4.37. The molecule has 1 heterocycles. The summed E-state index contributed by atoms with van der Waals surface area (Å²) < 4.78 is 13.5. The number of nitrogens with one attached hydrogen (secondary N) is 2. The molecule has 0 spiro atoms. The fraction of sp³-hybridized carbons (Fsp3) is 0.133. The number of aromatic nitrogens is 1. The Bertz CT molecular complexity index is 701. The number of nitrogens with zero attached hydrogens (tertiary/aromatic N) is 1. The predicted molar refractivity (Wildman–Crippen MR) is 76.7 cm³/mol. The monoisotopic (exact) mass is 287 g/mol. The van der Waals surface area contributed by atoms with Crippen LogP contribution in [-0.4, -0.2) is 23.8 Å². The van der Waals surface area contributed by atoms with E-state index >= 15 is 0 Å². The van der Waals surface area contributed by atoms with E-state index in [1.165, 1.54) is 19.3 Å². The largest absolute Gasteiger partial charge is 0.355 e. The van der Waals surface area contributed by atoms with Crippen LogP contribution < -0.4 is 10.6 Å². The molecule has 1 aromatic carbocycles. The maximum Gasteiger partial charge on any atom is 0.258 e. The van der Waals surface area contributed by atoms with Crippen molar-refractivity contribution in [2.45, 2.75) is 6.92 Å². The van der Waals surface area contributed by atoms with Crippen LogP contribution in [0.1, 0.15) is 26.3 Å². The van der Waals surface area contributed by atoms with E-state index < -0.39 is 11.7 Å². The molecule has 0 radical (unpaired) electrons. The quantitative estimate of drug-likeness (QED) is 0.908. The Morgan fingerprint density at radius 1 is 1.14 bits per heavy atom. The van der Waals surface area contributed by atoms with Gasteiger partial charge >= 0.3 is 0 Å². The number of hydrogen-bond acceptors (Lipinski definition) is 3. The lowest BCUT2D eigenvalue weighted by Crippen LogP contribution is -2.20. The normalized spacial score (nSPS) is 10.0. The Hall–Kier alpha value is -2.76. The topological polar surface area (TPSA) is 71.1 Å². The highest BCUT2D eigenvalue weighted by molar-refractivity contribution is 6.06. The number of amides is 2. The first-order valence-corrected chi connectivity index (χ1v) is 6.27. The highest BCUT2D eigenvalue weighted by Crippen LogP contribution is 2.20. The Balaban J connectivity index is 2.30. The van der Waals surface area contributed by atoms with Crippen molar-refractivity contribution < 1.29 is 14.0 Å². The molecule has 2 rings (SSSR count). The molecule has 0 saturated carbocycles. The van der Waals surface area contributed by atoms with Crippen molar-refractivity contribution in [2.75, 3.05) is 12.4 Å². The molecule has 0 unspecified atom stereocenters. The SMILES string of the molecule is CNC(=O)c1cccc(NC(=O)c2ccncc2F)c1C. The molecule has 0 bridgehead atoms. The van der Waals surface area contributed by atoms with Gasteiger partial charge in [0.1, 0.15) is 0 Å². The second-order valence-electron chi connectivity index (χ2n) is 4.37. The summed E-state index contributed by atoms with van der Waals surface area (Å²) in [7, 11) is 1.53. The number of rotatable bonds is 3. The Kier molecular flexibility index (Phi) is 4.27. The maximum atomic E-state index is 13.5. The van der Waals surface area contributed by atoms with Crippen molar-refractivity contribution in [1.82, 2.24) is 10.3 Å². The fourth-order valence-corrected chi connectivity index (χ4v) is 1.90. The maximum absolute atomic E-state index is 13.5. The minimum atomic E-state index is -0.699. The van der Waals surface area contributed by atoms with Crippen molar-refractivity contribution >= 4 is 17.5 Å². The summed E-state index contributed by atoms with van der Waals surface area (Å²) in [6.45, 7) is 1.71. The van der Waals surface area contributed by atoms with Gasteiger partial charge in [-0.25, -0.2) is 4.39 Å². The van der Waals surface area contributed by atoms with E-state index in [-0.39, 0.29) is 11.5 Å². The average Bonchev–Trinajstić information content (AvgIpc) is 2.49. The van der Waals surface area contributed by atoms with Crippen LogP contribution in [0.4, 0.5) is 10.1 Å². The van der Waals surface area contributed by atoms with Crippen LogP contribution in [0, 0.1) is 12.7 Å². The van der Waals surface area contributed by atoms with Crippen molar-refractivity contribution in [1.29, 1.82) is 0 Å². The predicted octanol–water partition coefficient (Wildman–Crippen LogP) is 2.14. The third-order valence-electron chi connectivity index (χ3n) is 3.07. The lowest BCUT2D eigenvalue weighted by atomic mass is 10.1. The highest BCUT2D eigenvalue weighted by atomic mass is 19.1. The number of pyridine rings is 1. The van der Waals surface area contributed by atoms with Gasteiger partial charge in [0.05, 0.1) is 11.8 Å². The van der Waals surface area contributed by atoms with E-state index in [4.69, 9.17) is 0 Å². The van der Waals surface area contributed by atoms with Gasteiger partial charge in [-0.15, -0.1) is 0 Å². The number of anilines is 1. The lowest BCUT2D eigenvalue weighted by molar-refractivity contribution is 0.0960. The molecule has 0 aliphatic carbocycles. The summed E-state index contributed by atoms with van der Waals surface area (Å²) in [5.41, 5.74) is 1.41. The van der Waals surface area contributed by atoms with E-state index in [0.29, 0.717) is 16.8 Å². The van der Waals surface area contributed by atoms with Crippen molar-refractivity contribution in [2.24, 2.45) is 0 Å². The van der Waals surface area contributed by atoms with Gasteiger partial charge in [0.2, 0.25) is 0 Å². The molecule has 2 aromatic rings. The molecular weight excluding hydrogens is 273 g/mol. The summed E-state index contributed by atoms with van der Waals surface area (Å²) in [5.74, 6) is -1.54. The molecule has 1 aromatic heterocycles. The molecule has 0 aliphatic rings. The average molecular weight is 287 g/mol. The third kappa shape index (κ3) is 3.05. The zero-order valence-electron chi connectivity index (χ0n) is 11.6. The van der Waals surface area contributed by atoms with Gasteiger partial charge in [0, 0.05) is 24.5 Å². The molecule has 21 heavy (non-hydrogen) atoms. The van der Waals surface area contributed by atoms with Gasteiger partial charge in [-0.3, -0.25) is 14.6 Å². The molecule has 6 heteroatoms. The van der Waals surface area contributed by atoms with E-state index in [0.717, 1.165) is 6.20 Å². The zero-order chi connectivity index (χ0) is 15.4. The van der Waals surface area contributed by atoms with Crippen molar-refractivity contribution in [3.8, 4) is 0 Å². The van der Waals surface area contributed by atoms with Crippen molar-refractivity contribution in [3.05, 3.63) is 59.2 Å². The summed E-state index contributed by atoms with van der Waals surface area (Å²) in [6.07, 6.45) is 2.31. The summed E-state index contributed by atoms with van der Waals surface area (Å²) in [6, 6.07) is 6.24. The van der Waals surface area contributed by atoms with Crippen LogP contribution in [0.2, 0.25) is 0 Å². The van der Waals surface area contributed by atoms with E-state index in [2.05, 4.69) is 15.6 Å². The van der Waals surface area contributed by atoms with Crippen LogP contribution in [0.3, 0.4) is 0 Å². The molecule has 0 aliphatic heterocycles. The minimum Gasteiger partial charge on any atom is -0.355 e. The Morgan fingerprint density at radius 3 is 2.57 bits per heavy atom. The van der Waals surface area contributed by atoms with E-state index in [9.17, 15) is 14.0 Å². The first-order chi connectivity index (χ1) is 10.0. The third-order valence-corrected chi connectivity index (χ3v) is 3.07. The van der Waals surface area contributed by atoms with Crippen LogP contribution in [-0.2, 0) is 0 Å². The van der Waals surface area contributed by atoms with Crippen LogP contribution in [0.15, 0.2) is 36.7 Å². The Morgan fingerprint density at radius 2 is 1.90 bits per heavy atom. The van der Waals surface area contributed by atoms with Gasteiger partial charge in [-0.1, -0.05) is 6.07 Å². The van der Waals surface area contributed by atoms with Crippen LogP contribution in [0.25, 0.3) is 0 Å². The number of carbonyl (C=O) groups excluding carboxylic acids is 2. The number of benzene rings is 1. The van der Waals surface area contributed by atoms with Crippen molar-refractivity contribution in [3.63, 3.8) is 0 Å². The van der Waals surface area contributed by atoms with Gasteiger partial charge < -0.3 is 10.6 Å².